The van der Waals surface area contributed by atoms with Gasteiger partial charge in [-0.3, -0.25) is 4.79 Å². The van der Waals surface area contributed by atoms with Crippen LogP contribution in [0.2, 0.25) is 0 Å². The summed E-state index contributed by atoms with van der Waals surface area (Å²) in [6.45, 7) is 0. The van der Waals surface area contributed by atoms with E-state index in [2.05, 4.69) is 0 Å². The van der Waals surface area contributed by atoms with Crippen LogP contribution in [0.25, 0.3) is 0 Å². The molecule has 0 aliphatic carbocycles. The third-order valence-corrected chi connectivity index (χ3v) is 2.90. The Labute approximate surface area is 94.1 Å². The highest BCUT2D eigenvalue weighted by molar-refractivity contribution is 7.99. The molecule has 0 aromatic heterocycles. The number of nitrogens with zero attached hydrogens (tertiary/aromatic N) is 1. The minimum Gasteiger partial charge on any atom is -0.508 e. The smallest absolute Gasteiger partial charge is 0.222 e. The Bertz CT molecular complexity index is 339. The minimum absolute atomic E-state index is 0.127. The molecule has 3 nitrogen and oxygen atoms in total. The van der Waals surface area contributed by atoms with Crippen molar-refractivity contribution in [3.05, 3.63) is 24.3 Å². The van der Waals surface area contributed by atoms with Crippen molar-refractivity contribution in [3.8, 4) is 5.75 Å². The highest BCUT2D eigenvalue weighted by Crippen LogP contribution is 2.22. The third-order valence-electron chi connectivity index (χ3n) is 1.90. The van der Waals surface area contributed by atoms with E-state index in [0.717, 1.165) is 10.6 Å². The summed E-state index contributed by atoms with van der Waals surface area (Å²) in [5.41, 5.74) is 0. The average Bonchev–Trinajstić information content (AvgIpc) is 2.17. The molecule has 0 atom stereocenters. The molecule has 0 radical (unpaired) electrons. The molecule has 0 aliphatic rings. The second-order valence-corrected chi connectivity index (χ2v) is 4.55. The zero-order valence-electron chi connectivity index (χ0n) is 8.93. The van der Waals surface area contributed by atoms with E-state index in [1.165, 1.54) is 0 Å². The molecule has 1 rings (SSSR count). The van der Waals surface area contributed by atoms with Crippen LogP contribution >= 0.6 is 11.8 Å². The first-order valence-corrected chi connectivity index (χ1v) is 5.70. The molecule has 4 heteroatoms. The van der Waals surface area contributed by atoms with Crippen molar-refractivity contribution < 1.29 is 9.90 Å². The molecule has 1 aromatic carbocycles. The maximum Gasteiger partial charge on any atom is 0.222 e. The molecule has 0 bridgehead atoms. The van der Waals surface area contributed by atoms with E-state index in [-0.39, 0.29) is 11.7 Å². The number of aromatic hydroxyl groups is 1. The molecule has 1 N–H and O–H groups in total. The molecule has 15 heavy (non-hydrogen) atoms. The Morgan fingerprint density at radius 2 is 2.20 bits per heavy atom. The van der Waals surface area contributed by atoms with Gasteiger partial charge in [0, 0.05) is 31.2 Å². The van der Waals surface area contributed by atoms with Crippen molar-refractivity contribution in [3.63, 3.8) is 0 Å². The monoisotopic (exact) mass is 225 g/mol. The van der Waals surface area contributed by atoms with E-state index >= 15 is 0 Å². The molecular formula is C11H15NO2S. The van der Waals surface area contributed by atoms with Gasteiger partial charge in [-0.1, -0.05) is 6.07 Å². The van der Waals surface area contributed by atoms with Crippen LogP contribution in [0.3, 0.4) is 0 Å². The van der Waals surface area contributed by atoms with Gasteiger partial charge in [0.05, 0.1) is 0 Å². The first kappa shape index (κ1) is 11.9. The van der Waals surface area contributed by atoms with Crippen molar-refractivity contribution in [2.24, 2.45) is 0 Å². The number of thioether (sulfide) groups is 1. The highest BCUT2D eigenvalue weighted by Gasteiger charge is 2.03. The number of carbonyl (C=O) groups is 1. The van der Waals surface area contributed by atoms with Crippen LogP contribution in [0.1, 0.15) is 6.42 Å². The van der Waals surface area contributed by atoms with E-state index in [1.807, 2.05) is 6.07 Å². The van der Waals surface area contributed by atoms with Gasteiger partial charge in [0.25, 0.3) is 0 Å². The van der Waals surface area contributed by atoms with E-state index in [1.54, 1.807) is 49.0 Å². The summed E-state index contributed by atoms with van der Waals surface area (Å²) in [6.07, 6.45) is 0.521. The van der Waals surface area contributed by atoms with Crippen LogP contribution in [-0.4, -0.2) is 35.8 Å². The van der Waals surface area contributed by atoms with E-state index < -0.39 is 0 Å². The van der Waals surface area contributed by atoms with Crippen molar-refractivity contribution in [2.45, 2.75) is 11.3 Å². The van der Waals surface area contributed by atoms with Crippen molar-refractivity contribution in [1.82, 2.24) is 4.90 Å². The molecule has 0 unspecified atom stereocenters. The quantitative estimate of drug-likeness (QED) is 0.796. The van der Waals surface area contributed by atoms with Crippen LogP contribution in [0, 0.1) is 0 Å². The highest BCUT2D eigenvalue weighted by atomic mass is 32.2. The normalized spacial score (nSPS) is 10.0. The molecule has 1 amide bonds. The predicted molar refractivity (Wildman–Crippen MR) is 62.1 cm³/mol. The fourth-order valence-corrected chi connectivity index (χ4v) is 1.94. The maximum atomic E-state index is 11.3. The van der Waals surface area contributed by atoms with Gasteiger partial charge in [-0.15, -0.1) is 11.8 Å². The number of hydrogen-bond donors (Lipinski definition) is 1. The largest absolute Gasteiger partial charge is 0.508 e. The Kier molecular flexibility index (Phi) is 4.49. The standard InChI is InChI=1S/C11H15NO2S/c1-12(2)11(14)6-7-15-10-5-3-4-9(13)8-10/h3-5,8,13H,6-7H2,1-2H3. The number of carbonyl (C=O) groups excluding carboxylic acids is 1. The molecule has 0 saturated heterocycles. The Morgan fingerprint density at radius 1 is 1.47 bits per heavy atom. The summed E-state index contributed by atoms with van der Waals surface area (Å²) >= 11 is 1.57. The fraction of sp³-hybridized carbons (Fsp3) is 0.364. The summed E-state index contributed by atoms with van der Waals surface area (Å²) < 4.78 is 0. The average molecular weight is 225 g/mol. The zero-order valence-corrected chi connectivity index (χ0v) is 9.75. The molecule has 1 aromatic rings. The summed E-state index contributed by atoms with van der Waals surface area (Å²) in [5, 5.41) is 9.22. The number of amides is 1. The molecule has 0 saturated carbocycles. The lowest BCUT2D eigenvalue weighted by atomic mass is 10.3. The van der Waals surface area contributed by atoms with E-state index in [9.17, 15) is 9.90 Å². The predicted octanol–water partition coefficient (Wildman–Crippen LogP) is 1.96. The first-order chi connectivity index (χ1) is 7.09. The molecule has 0 spiro atoms. The van der Waals surface area contributed by atoms with Gasteiger partial charge < -0.3 is 10.0 Å². The SMILES string of the molecule is CN(C)C(=O)CCSc1cccc(O)c1. The van der Waals surface area contributed by atoms with Gasteiger partial charge in [0.15, 0.2) is 0 Å². The number of rotatable bonds is 4. The summed E-state index contributed by atoms with van der Waals surface area (Å²) in [6, 6.07) is 7.05. The first-order valence-electron chi connectivity index (χ1n) is 4.71. The Morgan fingerprint density at radius 3 is 2.80 bits per heavy atom. The maximum absolute atomic E-state index is 11.3. The summed E-state index contributed by atoms with van der Waals surface area (Å²) in [4.78, 5) is 13.8. The van der Waals surface area contributed by atoms with Crippen LogP contribution in [-0.2, 0) is 4.79 Å². The van der Waals surface area contributed by atoms with Crippen LogP contribution in [0.4, 0.5) is 0 Å². The molecule has 0 heterocycles. The minimum atomic E-state index is 0.127. The van der Waals surface area contributed by atoms with Crippen molar-refractivity contribution in [2.75, 3.05) is 19.8 Å². The van der Waals surface area contributed by atoms with Gasteiger partial charge in [0.1, 0.15) is 5.75 Å². The molecule has 0 fully saturated rings. The Balaban J connectivity index is 2.35. The number of hydrogen-bond acceptors (Lipinski definition) is 3. The van der Waals surface area contributed by atoms with Gasteiger partial charge in [-0.05, 0) is 18.2 Å². The fourth-order valence-electron chi connectivity index (χ4n) is 1.05. The number of phenols is 1. The number of phenolic OH excluding ortho intramolecular Hbond substituents is 1. The summed E-state index contributed by atoms with van der Waals surface area (Å²) in [7, 11) is 3.50. The molecule has 82 valence electrons. The van der Waals surface area contributed by atoms with Crippen LogP contribution in [0.5, 0.6) is 5.75 Å². The van der Waals surface area contributed by atoms with Crippen LogP contribution < -0.4 is 0 Å². The van der Waals surface area contributed by atoms with Gasteiger partial charge in [0.2, 0.25) is 5.91 Å². The second-order valence-electron chi connectivity index (χ2n) is 3.38. The van der Waals surface area contributed by atoms with Crippen LogP contribution in [0.15, 0.2) is 29.2 Å². The zero-order chi connectivity index (χ0) is 11.3. The van der Waals surface area contributed by atoms with Gasteiger partial charge in [-0.2, -0.15) is 0 Å². The van der Waals surface area contributed by atoms with Gasteiger partial charge in [-0.25, -0.2) is 0 Å². The lowest BCUT2D eigenvalue weighted by Crippen LogP contribution is -2.21. The van der Waals surface area contributed by atoms with E-state index in [0.29, 0.717) is 6.42 Å². The third kappa shape index (κ3) is 4.25. The molecular weight excluding hydrogens is 210 g/mol. The van der Waals surface area contributed by atoms with Gasteiger partial charge >= 0.3 is 0 Å². The van der Waals surface area contributed by atoms with Crippen molar-refractivity contribution >= 4 is 17.7 Å². The topological polar surface area (TPSA) is 40.5 Å². The lowest BCUT2D eigenvalue weighted by molar-refractivity contribution is -0.128. The lowest BCUT2D eigenvalue weighted by Gasteiger charge is -2.09. The van der Waals surface area contributed by atoms with E-state index in [4.69, 9.17) is 0 Å². The second kappa shape index (κ2) is 5.66. The van der Waals surface area contributed by atoms with Crippen molar-refractivity contribution in [1.29, 1.82) is 0 Å². The molecule has 0 aliphatic heterocycles. The Hall–Kier alpha value is -1.16. The number of benzene rings is 1. The summed E-state index contributed by atoms with van der Waals surface area (Å²) in [5.74, 6) is 1.13.